The van der Waals surface area contributed by atoms with E-state index >= 15 is 0 Å². The summed E-state index contributed by atoms with van der Waals surface area (Å²) in [6.07, 6.45) is 0.659. The highest BCUT2D eigenvalue weighted by Crippen LogP contribution is 2.33. The molecule has 0 spiro atoms. The number of nitrogens with one attached hydrogen (secondary N) is 2. The minimum Gasteiger partial charge on any atom is -0.316 e. The Hall–Kier alpha value is -0.930. The van der Waals surface area contributed by atoms with Gasteiger partial charge in [0.15, 0.2) is 0 Å². The predicted octanol–water partition coefficient (Wildman–Crippen LogP) is 2.25. The third-order valence-electron chi connectivity index (χ3n) is 3.74. The summed E-state index contributed by atoms with van der Waals surface area (Å²) >= 11 is 5.94. The van der Waals surface area contributed by atoms with Crippen molar-refractivity contribution in [1.29, 1.82) is 0 Å². The zero-order valence-electron chi connectivity index (χ0n) is 12.7. The number of sulfonamides is 1. The van der Waals surface area contributed by atoms with Crippen molar-refractivity contribution in [1.82, 2.24) is 10.0 Å². The lowest BCUT2D eigenvalue weighted by Gasteiger charge is -2.30. The third-order valence-corrected chi connectivity index (χ3v) is 5.77. The van der Waals surface area contributed by atoms with Crippen molar-refractivity contribution in [3.63, 3.8) is 0 Å². The van der Waals surface area contributed by atoms with Gasteiger partial charge in [-0.1, -0.05) is 18.5 Å². The summed E-state index contributed by atoms with van der Waals surface area (Å²) in [6, 6.07) is 2.39. The summed E-state index contributed by atoms with van der Waals surface area (Å²) in [5.41, 5.74) is 0.0650. The van der Waals surface area contributed by atoms with Crippen molar-refractivity contribution in [2.24, 2.45) is 5.92 Å². The van der Waals surface area contributed by atoms with Gasteiger partial charge in [-0.25, -0.2) is 13.1 Å². The molecule has 0 bridgehead atoms. The molecular weight excluding hydrogens is 365 g/mol. The lowest BCUT2D eigenvalue weighted by Crippen LogP contribution is -2.48. The van der Waals surface area contributed by atoms with Gasteiger partial charge in [0.1, 0.15) is 9.92 Å². The number of benzene rings is 1. The summed E-state index contributed by atoms with van der Waals surface area (Å²) in [5, 5.41) is 13.8. The molecule has 2 atom stereocenters. The van der Waals surface area contributed by atoms with Crippen LogP contribution in [0.4, 0.5) is 5.69 Å². The minimum atomic E-state index is -3.92. The van der Waals surface area contributed by atoms with Crippen LogP contribution >= 0.6 is 24.0 Å². The van der Waals surface area contributed by atoms with E-state index in [-0.39, 0.29) is 34.3 Å². The lowest BCUT2D eigenvalue weighted by molar-refractivity contribution is -0.385. The highest BCUT2D eigenvalue weighted by atomic mass is 35.5. The zero-order valence-corrected chi connectivity index (χ0v) is 15.1. The normalized spacial score (nSPS) is 21.5. The van der Waals surface area contributed by atoms with Crippen LogP contribution in [0.15, 0.2) is 17.0 Å². The number of hydrogen-bond acceptors (Lipinski definition) is 5. The van der Waals surface area contributed by atoms with E-state index in [0.717, 1.165) is 13.1 Å². The number of hydrogen-bond donors (Lipinski definition) is 2. The van der Waals surface area contributed by atoms with Gasteiger partial charge >= 0.3 is 0 Å². The Labute approximate surface area is 146 Å². The molecule has 1 heterocycles. The summed E-state index contributed by atoms with van der Waals surface area (Å²) in [5.74, 6) is 0.127. The molecule has 0 amide bonds. The molecule has 1 aliphatic heterocycles. The fourth-order valence-electron chi connectivity index (χ4n) is 2.50. The highest BCUT2D eigenvalue weighted by molar-refractivity contribution is 7.89. The molecule has 1 fully saturated rings. The van der Waals surface area contributed by atoms with Gasteiger partial charge in [0, 0.05) is 12.1 Å². The Morgan fingerprint density at radius 1 is 1.43 bits per heavy atom. The maximum absolute atomic E-state index is 12.6. The standard InChI is InChI=1S/C13H18ClN3O4S.ClH/c1-8-5-11(17(18)19)13(14)12(6-8)22(20,21)16-10-3-4-15-7-9(10)2;/h5-6,9-10,15-16H,3-4,7H2,1-2H3;1H. The van der Waals surface area contributed by atoms with Crippen LogP contribution in [0.25, 0.3) is 0 Å². The predicted molar refractivity (Wildman–Crippen MR) is 90.9 cm³/mol. The van der Waals surface area contributed by atoms with Crippen LogP contribution in [0.2, 0.25) is 5.02 Å². The maximum atomic E-state index is 12.6. The van der Waals surface area contributed by atoms with Crippen molar-refractivity contribution in [2.75, 3.05) is 13.1 Å². The first-order valence-corrected chi connectivity index (χ1v) is 8.76. The Kier molecular flexibility index (Phi) is 6.79. The first-order chi connectivity index (χ1) is 10.2. The van der Waals surface area contributed by atoms with E-state index in [0.29, 0.717) is 12.0 Å². The van der Waals surface area contributed by atoms with Gasteiger partial charge in [-0.3, -0.25) is 10.1 Å². The molecule has 23 heavy (non-hydrogen) atoms. The Balaban J connectivity index is 0.00000264. The van der Waals surface area contributed by atoms with E-state index in [1.807, 2.05) is 6.92 Å². The van der Waals surface area contributed by atoms with Crippen LogP contribution in [0.5, 0.6) is 0 Å². The van der Waals surface area contributed by atoms with Crippen molar-refractivity contribution >= 4 is 39.7 Å². The molecule has 0 aliphatic carbocycles. The molecule has 7 nitrogen and oxygen atoms in total. The van der Waals surface area contributed by atoms with E-state index in [4.69, 9.17) is 11.6 Å². The highest BCUT2D eigenvalue weighted by Gasteiger charge is 2.30. The fraction of sp³-hybridized carbons (Fsp3) is 0.538. The second-order valence-electron chi connectivity index (χ2n) is 5.55. The summed E-state index contributed by atoms with van der Waals surface area (Å²) < 4.78 is 27.7. The third kappa shape index (κ3) is 4.54. The van der Waals surface area contributed by atoms with Crippen molar-refractivity contribution in [3.8, 4) is 0 Å². The first-order valence-electron chi connectivity index (χ1n) is 6.90. The van der Waals surface area contributed by atoms with Crippen LogP contribution in [-0.4, -0.2) is 32.5 Å². The second kappa shape index (κ2) is 7.76. The number of nitro groups is 1. The van der Waals surface area contributed by atoms with Crippen LogP contribution < -0.4 is 10.0 Å². The molecule has 0 aromatic heterocycles. The van der Waals surface area contributed by atoms with E-state index in [2.05, 4.69) is 10.0 Å². The molecule has 2 rings (SSSR count). The molecule has 1 aliphatic rings. The number of nitrogens with zero attached hydrogens (tertiary/aromatic N) is 1. The van der Waals surface area contributed by atoms with E-state index in [1.165, 1.54) is 12.1 Å². The fourth-order valence-corrected chi connectivity index (χ4v) is 4.54. The Morgan fingerprint density at radius 2 is 2.09 bits per heavy atom. The van der Waals surface area contributed by atoms with Gasteiger partial charge in [0.2, 0.25) is 10.0 Å². The number of aryl methyl sites for hydroxylation is 1. The molecule has 10 heteroatoms. The van der Waals surface area contributed by atoms with Gasteiger partial charge in [-0.05, 0) is 44.0 Å². The minimum absolute atomic E-state index is 0. The smallest absolute Gasteiger partial charge is 0.289 e. The number of piperidine rings is 1. The molecule has 1 aromatic carbocycles. The number of halogens is 2. The topological polar surface area (TPSA) is 101 Å². The second-order valence-corrected chi connectivity index (χ2v) is 7.61. The monoisotopic (exact) mass is 383 g/mol. The van der Waals surface area contributed by atoms with E-state index in [9.17, 15) is 18.5 Å². The van der Waals surface area contributed by atoms with E-state index < -0.39 is 20.6 Å². The molecule has 2 unspecified atom stereocenters. The molecule has 1 aromatic rings. The van der Waals surface area contributed by atoms with Gasteiger partial charge in [0.25, 0.3) is 5.69 Å². The summed E-state index contributed by atoms with van der Waals surface area (Å²) in [4.78, 5) is 10.1. The molecule has 1 saturated heterocycles. The van der Waals surface area contributed by atoms with Crippen LogP contribution in [0, 0.1) is 23.0 Å². The molecule has 0 radical (unpaired) electrons. The molecular formula is C13H19Cl2N3O4S. The van der Waals surface area contributed by atoms with Crippen molar-refractivity contribution in [3.05, 3.63) is 32.8 Å². The molecule has 2 N–H and O–H groups in total. The average molecular weight is 384 g/mol. The van der Waals surface area contributed by atoms with Crippen LogP contribution in [0.1, 0.15) is 18.9 Å². The molecule has 0 saturated carbocycles. The lowest BCUT2D eigenvalue weighted by atomic mass is 9.97. The van der Waals surface area contributed by atoms with Gasteiger partial charge in [-0.15, -0.1) is 12.4 Å². The quantitative estimate of drug-likeness (QED) is 0.613. The number of nitro benzene ring substituents is 1. The van der Waals surface area contributed by atoms with Gasteiger partial charge in [0.05, 0.1) is 4.92 Å². The SMILES string of the molecule is Cc1cc([N+](=O)[O-])c(Cl)c(S(=O)(=O)NC2CCNCC2C)c1.Cl. The largest absolute Gasteiger partial charge is 0.316 e. The summed E-state index contributed by atoms with van der Waals surface area (Å²) in [7, 11) is -3.92. The Bertz CT molecular complexity index is 697. The number of rotatable bonds is 4. The first kappa shape index (κ1) is 20.1. The van der Waals surface area contributed by atoms with Gasteiger partial charge < -0.3 is 5.32 Å². The van der Waals surface area contributed by atoms with Crippen LogP contribution in [0.3, 0.4) is 0 Å². The van der Waals surface area contributed by atoms with Crippen molar-refractivity contribution < 1.29 is 13.3 Å². The van der Waals surface area contributed by atoms with Crippen molar-refractivity contribution in [2.45, 2.75) is 31.2 Å². The Morgan fingerprint density at radius 3 is 2.65 bits per heavy atom. The summed E-state index contributed by atoms with van der Waals surface area (Å²) in [6.45, 7) is 4.98. The van der Waals surface area contributed by atoms with Crippen LogP contribution in [-0.2, 0) is 10.0 Å². The van der Waals surface area contributed by atoms with Gasteiger partial charge in [-0.2, -0.15) is 0 Å². The molecule has 130 valence electrons. The van der Waals surface area contributed by atoms with E-state index in [1.54, 1.807) is 6.92 Å². The average Bonchev–Trinajstić information content (AvgIpc) is 2.43. The maximum Gasteiger partial charge on any atom is 0.289 e. The zero-order chi connectivity index (χ0) is 16.5.